The Morgan fingerprint density at radius 1 is 1.40 bits per heavy atom. The van der Waals surface area contributed by atoms with E-state index in [4.69, 9.17) is 9.47 Å². The predicted molar refractivity (Wildman–Crippen MR) is 77.6 cm³/mol. The second kappa shape index (κ2) is 5.27. The van der Waals surface area contributed by atoms with Crippen LogP contribution in [0.3, 0.4) is 0 Å². The molecule has 3 heteroatoms. The van der Waals surface area contributed by atoms with Gasteiger partial charge in [-0.05, 0) is 26.2 Å². The Bertz CT molecular complexity index is 410. The lowest BCUT2D eigenvalue weighted by Crippen LogP contribution is -2.42. The van der Waals surface area contributed by atoms with Crippen LogP contribution in [0.5, 0.6) is 0 Å². The normalized spacial score (nSPS) is 43.4. The van der Waals surface area contributed by atoms with Crippen molar-refractivity contribution in [2.24, 2.45) is 5.92 Å². The quantitative estimate of drug-likeness (QED) is 0.425. The highest BCUT2D eigenvalue weighted by molar-refractivity contribution is 5.80. The van der Waals surface area contributed by atoms with Crippen molar-refractivity contribution in [3.63, 3.8) is 0 Å². The zero-order valence-electron chi connectivity index (χ0n) is 12.7. The zero-order valence-corrected chi connectivity index (χ0v) is 12.7. The predicted octanol–water partition coefficient (Wildman–Crippen LogP) is 3.42. The number of hydrogen-bond acceptors (Lipinski definition) is 3. The molecule has 0 bridgehead atoms. The molecule has 2 aliphatic heterocycles. The van der Waals surface area contributed by atoms with Crippen LogP contribution in [-0.2, 0) is 14.3 Å². The van der Waals surface area contributed by atoms with Crippen molar-refractivity contribution in [1.29, 1.82) is 0 Å². The Balaban J connectivity index is 1.55. The van der Waals surface area contributed by atoms with Crippen molar-refractivity contribution in [3.05, 3.63) is 12.2 Å². The molecule has 4 unspecified atom stereocenters. The average molecular weight is 278 g/mol. The maximum absolute atomic E-state index is 11.8. The summed E-state index contributed by atoms with van der Waals surface area (Å²) in [5, 5.41) is 0. The molecule has 1 spiro atoms. The van der Waals surface area contributed by atoms with Crippen molar-refractivity contribution in [1.82, 2.24) is 0 Å². The van der Waals surface area contributed by atoms with Crippen LogP contribution in [0.2, 0.25) is 0 Å². The molecule has 0 aromatic heterocycles. The Morgan fingerprint density at radius 2 is 2.20 bits per heavy atom. The lowest BCUT2D eigenvalue weighted by atomic mass is 9.71. The third-order valence-electron chi connectivity index (χ3n) is 5.32. The molecule has 3 rings (SSSR count). The van der Waals surface area contributed by atoms with Crippen molar-refractivity contribution < 1.29 is 14.3 Å². The molecule has 3 fully saturated rings. The first-order chi connectivity index (χ1) is 9.61. The average Bonchev–Trinajstić information content (AvgIpc) is 3.32. The number of carbonyl (C=O) groups excluding carboxylic acids is 1. The highest BCUT2D eigenvalue weighted by Crippen LogP contribution is 2.58. The zero-order chi connectivity index (χ0) is 14.2. The molecule has 2 saturated heterocycles. The third-order valence-corrected chi connectivity index (χ3v) is 5.32. The van der Waals surface area contributed by atoms with Crippen molar-refractivity contribution >= 4 is 5.78 Å². The monoisotopic (exact) mass is 278 g/mol. The van der Waals surface area contributed by atoms with Gasteiger partial charge in [0.1, 0.15) is 5.78 Å². The molecule has 2 heterocycles. The van der Waals surface area contributed by atoms with Crippen LogP contribution >= 0.6 is 0 Å². The summed E-state index contributed by atoms with van der Waals surface area (Å²) in [5.41, 5.74) is -0.162. The van der Waals surface area contributed by atoms with Gasteiger partial charge in [-0.2, -0.15) is 0 Å². The lowest BCUT2D eigenvalue weighted by Gasteiger charge is -2.31. The van der Waals surface area contributed by atoms with Crippen LogP contribution in [0.1, 0.15) is 58.8 Å². The van der Waals surface area contributed by atoms with Crippen LogP contribution in [0.15, 0.2) is 12.2 Å². The molecular formula is C17H26O3. The molecule has 0 radical (unpaired) electrons. The van der Waals surface area contributed by atoms with Gasteiger partial charge in [-0.25, -0.2) is 0 Å². The molecule has 20 heavy (non-hydrogen) atoms. The molecule has 1 aliphatic carbocycles. The molecule has 112 valence electrons. The van der Waals surface area contributed by atoms with Crippen LogP contribution in [0, 0.1) is 5.92 Å². The number of hydrogen-bond donors (Lipinski definition) is 0. The molecule has 1 saturated carbocycles. The highest BCUT2D eigenvalue weighted by atomic mass is 16.6. The minimum absolute atomic E-state index is 0.0245. The lowest BCUT2D eigenvalue weighted by molar-refractivity contribution is -0.124. The standard InChI is InChI=1S/C17H26O3/c1-3-4-5-6-7-8-15-16(2,20-15)14-11-13(18)9-10-17(14)12-19-17/h6-7,14-15H,3-5,8-12H2,1-2H3/b7-6+. The minimum atomic E-state index is -0.137. The number of ether oxygens (including phenoxy) is 2. The van der Waals surface area contributed by atoms with Gasteiger partial charge in [0.05, 0.1) is 23.9 Å². The summed E-state index contributed by atoms with van der Waals surface area (Å²) in [4.78, 5) is 11.8. The van der Waals surface area contributed by atoms with Crippen LogP contribution in [0.4, 0.5) is 0 Å². The molecule has 0 aromatic rings. The topological polar surface area (TPSA) is 42.1 Å². The van der Waals surface area contributed by atoms with Crippen LogP contribution in [0.25, 0.3) is 0 Å². The largest absolute Gasteiger partial charge is 0.369 e. The van der Waals surface area contributed by atoms with E-state index in [0.717, 1.165) is 25.9 Å². The summed E-state index contributed by atoms with van der Waals surface area (Å²) in [5.74, 6) is 0.648. The minimum Gasteiger partial charge on any atom is -0.369 e. The van der Waals surface area contributed by atoms with Crippen LogP contribution < -0.4 is 0 Å². The summed E-state index contributed by atoms with van der Waals surface area (Å²) in [6.07, 6.45) is 11.7. The number of epoxide rings is 2. The van der Waals surface area contributed by atoms with Gasteiger partial charge in [0.25, 0.3) is 0 Å². The molecule has 3 nitrogen and oxygen atoms in total. The fourth-order valence-electron chi connectivity index (χ4n) is 3.72. The summed E-state index contributed by atoms with van der Waals surface area (Å²) >= 11 is 0. The molecule has 3 aliphatic rings. The summed E-state index contributed by atoms with van der Waals surface area (Å²) in [6.45, 7) is 5.21. The van der Waals surface area contributed by atoms with Gasteiger partial charge < -0.3 is 9.47 Å². The van der Waals surface area contributed by atoms with Crippen molar-refractivity contribution in [2.75, 3.05) is 6.61 Å². The first-order valence-corrected chi connectivity index (χ1v) is 8.09. The van der Waals surface area contributed by atoms with E-state index in [2.05, 4.69) is 26.0 Å². The maximum atomic E-state index is 11.8. The Labute approximate surface area is 121 Å². The van der Waals surface area contributed by atoms with Crippen molar-refractivity contribution in [3.8, 4) is 0 Å². The van der Waals surface area contributed by atoms with Gasteiger partial charge in [-0.15, -0.1) is 0 Å². The van der Waals surface area contributed by atoms with E-state index < -0.39 is 0 Å². The summed E-state index contributed by atoms with van der Waals surface area (Å²) in [6, 6.07) is 0. The van der Waals surface area contributed by atoms with E-state index in [9.17, 15) is 4.79 Å². The molecule has 0 amide bonds. The van der Waals surface area contributed by atoms with Gasteiger partial charge >= 0.3 is 0 Å². The summed E-state index contributed by atoms with van der Waals surface area (Å²) in [7, 11) is 0. The van der Waals surface area contributed by atoms with Crippen molar-refractivity contribution in [2.45, 2.75) is 76.1 Å². The SMILES string of the molecule is CCCC/C=C/CC1OC1(C)C1CC(=O)CCC12CO2. The van der Waals surface area contributed by atoms with E-state index >= 15 is 0 Å². The number of allylic oxidation sites excluding steroid dienone is 1. The van der Waals surface area contributed by atoms with Gasteiger partial charge in [-0.3, -0.25) is 4.79 Å². The smallest absolute Gasteiger partial charge is 0.133 e. The highest BCUT2D eigenvalue weighted by Gasteiger charge is 2.68. The number of ketones is 1. The second-order valence-corrected chi connectivity index (χ2v) is 6.79. The first kappa shape index (κ1) is 14.3. The fraction of sp³-hybridized carbons (Fsp3) is 0.824. The Kier molecular flexibility index (Phi) is 3.76. The van der Waals surface area contributed by atoms with E-state index in [1.807, 2.05) is 0 Å². The Hall–Kier alpha value is -0.670. The molecular weight excluding hydrogens is 252 g/mol. The van der Waals surface area contributed by atoms with Gasteiger partial charge in [0.2, 0.25) is 0 Å². The Morgan fingerprint density at radius 3 is 2.90 bits per heavy atom. The number of Topliss-reactive ketones (excluding diaryl/α,β-unsaturated/α-hetero) is 1. The summed E-state index contributed by atoms with van der Waals surface area (Å²) < 4.78 is 11.7. The number of carbonyl (C=O) groups is 1. The van der Waals surface area contributed by atoms with Gasteiger partial charge in [0, 0.05) is 18.8 Å². The number of rotatable bonds is 6. The van der Waals surface area contributed by atoms with E-state index in [1.165, 1.54) is 12.8 Å². The third kappa shape index (κ3) is 2.58. The van der Waals surface area contributed by atoms with Gasteiger partial charge in [-0.1, -0.05) is 31.9 Å². The number of unbranched alkanes of at least 4 members (excludes halogenated alkanes) is 2. The molecule has 0 aromatic carbocycles. The molecule has 4 atom stereocenters. The van der Waals surface area contributed by atoms with E-state index in [0.29, 0.717) is 18.6 Å². The van der Waals surface area contributed by atoms with E-state index in [1.54, 1.807) is 0 Å². The van der Waals surface area contributed by atoms with E-state index in [-0.39, 0.29) is 23.2 Å². The first-order valence-electron chi connectivity index (χ1n) is 8.09. The second-order valence-electron chi connectivity index (χ2n) is 6.79. The van der Waals surface area contributed by atoms with Crippen LogP contribution in [-0.4, -0.2) is 29.7 Å². The maximum Gasteiger partial charge on any atom is 0.133 e. The van der Waals surface area contributed by atoms with Gasteiger partial charge in [0.15, 0.2) is 0 Å². The fourth-order valence-corrected chi connectivity index (χ4v) is 3.72. The molecule has 0 N–H and O–H groups in total.